The fourth-order valence-electron chi connectivity index (χ4n) is 2.46. The quantitative estimate of drug-likeness (QED) is 0.476. The molecule has 0 fully saturated rings. The Balaban J connectivity index is 1.90. The molecule has 0 saturated heterocycles. The van der Waals surface area contributed by atoms with Gasteiger partial charge >= 0.3 is 5.97 Å². The van der Waals surface area contributed by atoms with Crippen molar-refractivity contribution in [2.75, 3.05) is 17.2 Å². The van der Waals surface area contributed by atoms with Gasteiger partial charge in [0, 0.05) is 23.4 Å². The van der Waals surface area contributed by atoms with Gasteiger partial charge in [-0.3, -0.25) is 14.4 Å². The lowest BCUT2D eigenvalue weighted by Crippen LogP contribution is -2.34. The van der Waals surface area contributed by atoms with Crippen LogP contribution in [0.15, 0.2) is 48.5 Å². The molecule has 0 aliphatic carbocycles. The van der Waals surface area contributed by atoms with Crippen LogP contribution in [0.3, 0.4) is 0 Å². The second-order valence-corrected chi connectivity index (χ2v) is 6.62. The van der Waals surface area contributed by atoms with Crippen molar-refractivity contribution >= 4 is 46.5 Å². The summed E-state index contributed by atoms with van der Waals surface area (Å²) in [5, 5.41) is 8.27. The molecular weight excluding hydrogens is 390 g/mol. The Morgan fingerprint density at radius 3 is 2.34 bits per heavy atom. The maximum absolute atomic E-state index is 12.5. The molecule has 29 heavy (non-hydrogen) atoms. The number of nitrogens with one attached hydrogen (secondary N) is 3. The SMILES string of the molecule is CCOC(=O)CCC(=O)NC(=S)Nc1cccc(C(=O)Nc2cccc(C)c2)c1. The molecule has 0 aliphatic rings. The average molecular weight is 413 g/mol. The minimum Gasteiger partial charge on any atom is -0.466 e. The van der Waals surface area contributed by atoms with Crippen LogP contribution in [0.1, 0.15) is 35.7 Å². The molecule has 2 rings (SSSR count). The molecule has 152 valence electrons. The van der Waals surface area contributed by atoms with Gasteiger partial charge in [0.25, 0.3) is 5.91 Å². The number of ether oxygens (including phenoxy) is 1. The summed E-state index contributed by atoms with van der Waals surface area (Å²) >= 11 is 5.11. The van der Waals surface area contributed by atoms with Gasteiger partial charge in [0.2, 0.25) is 5.91 Å². The highest BCUT2D eigenvalue weighted by atomic mass is 32.1. The van der Waals surface area contributed by atoms with E-state index in [-0.39, 0.29) is 30.5 Å². The van der Waals surface area contributed by atoms with Crippen molar-refractivity contribution in [3.05, 3.63) is 59.7 Å². The summed E-state index contributed by atoms with van der Waals surface area (Å²) in [6, 6.07) is 14.2. The second kappa shape index (κ2) is 10.9. The first-order valence-corrected chi connectivity index (χ1v) is 9.52. The largest absolute Gasteiger partial charge is 0.466 e. The molecule has 0 aromatic heterocycles. The van der Waals surface area contributed by atoms with Crippen LogP contribution in [0, 0.1) is 6.92 Å². The number of hydrogen-bond donors (Lipinski definition) is 3. The molecule has 0 heterocycles. The summed E-state index contributed by atoms with van der Waals surface area (Å²) < 4.78 is 4.77. The van der Waals surface area contributed by atoms with E-state index in [2.05, 4.69) is 16.0 Å². The Labute approximate surface area is 174 Å². The molecule has 0 aliphatic heterocycles. The maximum atomic E-state index is 12.5. The summed E-state index contributed by atoms with van der Waals surface area (Å²) in [7, 11) is 0. The van der Waals surface area contributed by atoms with E-state index < -0.39 is 11.9 Å². The summed E-state index contributed by atoms with van der Waals surface area (Å²) in [6.07, 6.45) is -0.0451. The summed E-state index contributed by atoms with van der Waals surface area (Å²) in [5.74, 6) is -1.10. The monoisotopic (exact) mass is 413 g/mol. The molecule has 0 saturated carbocycles. The third-order valence-corrected chi connectivity index (χ3v) is 3.98. The summed E-state index contributed by atoms with van der Waals surface area (Å²) in [4.78, 5) is 35.6. The summed E-state index contributed by atoms with van der Waals surface area (Å²) in [6.45, 7) is 3.92. The number of hydrogen-bond acceptors (Lipinski definition) is 5. The van der Waals surface area contributed by atoms with Crippen LogP contribution >= 0.6 is 12.2 Å². The van der Waals surface area contributed by atoms with Crippen molar-refractivity contribution in [2.45, 2.75) is 26.7 Å². The predicted octanol–water partition coefficient (Wildman–Crippen LogP) is 3.40. The molecule has 0 radical (unpaired) electrons. The molecule has 0 atom stereocenters. The van der Waals surface area contributed by atoms with Gasteiger partial charge in [-0.15, -0.1) is 0 Å². The lowest BCUT2D eigenvalue weighted by atomic mass is 10.1. The number of amides is 2. The van der Waals surface area contributed by atoms with Gasteiger partial charge in [-0.25, -0.2) is 0 Å². The topological polar surface area (TPSA) is 96.5 Å². The zero-order chi connectivity index (χ0) is 21.2. The van der Waals surface area contributed by atoms with Crippen molar-refractivity contribution < 1.29 is 19.1 Å². The minimum absolute atomic E-state index is 0.0170. The third kappa shape index (κ3) is 7.71. The zero-order valence-electron chi connectivity index (χ0n) is 16.3. The van der Waals surface area contributed by atoms with Gasteiger partial charge in [0.15, 0.2) is 5.11 Å². The third-order valence-electron chi connectivity index (χ3n) is 3.77. The van der Waals surface area contributed by atoms with Crippen LogP contribution in [0.4, 0.5) is 11.4 Å². The van der Waals surface area contributed by atoms with E-state index in [1.54, 1.807) is 31.2 Å². The van der Waals surface area contributed by atoms with Gasteiger partial charge in [-0.05, 0) is 62.0 Å². The predicted molar refractivity (Wildman–Crippen MR) is 116 cm³/mol. The maximum Gasteiger partial charge on any atom is 0.306 e. The lowest BCUT2D eigenvalue weighted by Gasteiger charge is -2.11. The number of esters is 1. The van der Waals surface area contributed by atoms with Crippen LogP contribution in [-0.2, 0) is 14.3 Å². The first-order chi connectivity index (χ1) is 13.9. The highest BCUT2D eigenvalue weighted by molar-refractivity contribution is 7.80. The zero-order valence-corrected chi connectivity index (χ0v) is 17.1. The fraction of sp³-hybridized carbons (Fsp3) is 0.238. The van der Waals surface area contributed by atoms with Gasteiger partial charge < -0.3 is 20.7 Å². The van der Waals surface area contributed by atoms with Gasteiger partial charge in [-0.2, -0.15) is 0 Å². The van der Waals surface area contributed by atoms with E-state index in [0.29, 0.717) is 16.9 Å². The van der Waals surface area contributed by atoms with Crippen LogP contribution in [-0.4, -0.2) is 29.5 Å². The van der Waals surface area contributed by atoms with Crippen molar-refractivity contribution in [1.82, 2.24) is 5.32 Å². The van der Waals surface area contributed by atoms with E-state index in [1.807, 2.05) is 31.2 Å². The van der Waals surface area contributed by atoms with Gasteiger partial charge in [0.1, 0.15) is 0 Å². The van der Waals surface area contributed by atoms with E-state index >= 15 is 0 Å². The first-order valence-electron chi connectivity index (χ1n) is 9.12. The van der Waals surface area contributed by atoms with Crippen LogP contribution in [0.5, 0.6) is 0 Å². The molecular formula is C21H23N3O4S. The second-order valence-electron chi connectivity index (χ2n) is 6.21. The molecule has 2 amide bonds. The smallest absolute Gasteiger partial charge is 0.306 e. The number of benzene rings is 2. The Morgan fingerprint density at radius 1 is 0.966 bits per heavy atom. The van der Waals surface area contributed by atoms with E-state index in [1.165, 1.54) is 0 Å². The van der Waals surface area contributed by atoms with Crippen LogP contribution < -0.4 is 16.0 Å². The lowest BCUT2D eigenvalue weighted by molar-refractivity contribution is -0.144. The number of aryl methyl sites for hydroxylation is 1. The highest BCUT2D eigenvalue weighted by Gasteiger charge is 2.11. The van der Waals surface area contributed by atoms with E-state index in [0.717, 1.165) is 5.56 Å². The molecule has 0 spiro atoms. The summed E-state index contributed by atoms with van der Waals surface area (Å²) in [5.41, 5.74) is 2.74. The fourth-order valence-corrected chi connectivity index (χ4v) is 2.70. The molecule has 0 bridgehead atoms. The van der Waals surface area contributed by atoms with Gasteiger partial charge in [-0.1, -0.05) is 18.2 Å². The Morgan fingerprint density at radius 2 is 1.66 bits per heavy atom. The minimum atomic E-state index is -0.436. The number of carbonyl (C=O) groups is 3. The van der Waals surface area contributed by atoms with E-state index in [9.17, 15) is 14.4 Å². The molecule has 2 aromatic rings. The highest BCUT2D eigenvalue weighted by Crippen LogP contribution is 2.14. The number of carbonyl (C=O) groups excluding carboxylic acids is 3. The van der Waals surface area contributed by atoms with Crippen molar-refractivity contribution in [2.24, 2.45) is 0 Å². The van der Waals surface area contributed by atoms with Crippen LogP contribution in [0.2, 0.25) is 0 Å². The molecule has 2 aromatic carbocycles. The normalized spacial score (nSPS) is 10.0. The van der Waals surface area contributed by atoms with Crippen LogP contribution in [0.25, 0.3) is 0 Å². The molecule has 3 N–H and O–H groups in total. The van der Waals surface area contributed by atoms with Crippen molar-refractivity contribution in [3.63, 3.8) is 0 Å². The Kier molecular flexibility index (Phi) is 8.29. The van der Waals surface area contributed by atoms with E-state index in [4.69, 9.17) is 17.0 Å². The Bertz CT molecular complexity index is 914. The van der Waals surface area contributed by atoms with Gasteiger partial charge in [0.05, 0.1) is 13.0 Å². The Hall–Kier alpha value is -3.26. The first kappa shape index (κ1) is 22.0. The molecule has 8 heteroatoms. The molecule has 0 unspecified atom stereocenters. The van der Waals surface area contributed by atoms with Crippen molar-refractivity contribution in [1.29, 1.82) is 0 Å². The molecule has 7 nitrogen and oxygen atoms in total. The standard InChI is InChI=1S/C21H23N3O4S/c1-3-28-19(26)11-10-18(25)24-21(29)23-17-9-5-7-15(13-17)20(27)22-16-8-4-6-14(2)12-16/h4-9,12-13H,3,10-11H2,1-2H3,(H,22,27)(H2,23,24,25,29). The average Bonchev–Trinajstić information content (AvgIpc) is 2.67. The number of thiocarbonyl (C=S) groups is 1. The number of rotatable bonds is 7. The van der Waals surface area contributed by atoms with Crippen molar-refractivity contribution in [3.8, 4) is 0 Å². The number of anilines is 2.